The van der Waals surface area contributed by atoms with Crippen LogP contribution in [0.4, 0.5) is 0 Å². The largest absolute Gasteiger partial charge is 0.388 e. The molecule has 5 atom stereocenters. The molecule has 11 heavy (non-hydrogen) atoms. The van der Waals surface area contributed by atoms with Gasteiger partial charge in [-0.1, -0.05) is 0 Å². The van der Waals surface area contributed by atoms with Crippen molar-refractivity contribution in [2.45, 2.75) is 30.7 Å². The van der Waals surface area contributed by atoms with Crippen LogP contribution >= 0.6 is 0 Å². The van der Waals surface area contributed by atoms with Gasteiger partial charge in [-0.3, -0.25) is 0 Å². The summed E-state index contributed by atoms with van der Waals surface area (Å²) in [5.41, 5.74) is 0. The van der Waals surface area contributed by atoms with E-state index in [-0.39, 0.29) is 6.61 Å². The highest BCUT2D eigenvalue weighted by Gasteiger charge is 2.51. The molecule has 0 amide bonds. The summed E-state index contributed by atoms with van der Waals surface area (Å²) in [5.74, 6) is 0. The van der Waals surface area contributed by atoms with Crippen molar-refractivity contribution in [3.8, 4) is 0 Å². The minimum absolute atomic E-state index is 0.166. The first kappa shape index (κ1) is 7.45. The number of hydrogen-bond acceptors (Lipinski definition) is 5. The van der Waals surface area contributed by atoms with Crippen LogP contribution in [0.25, 0.3) is 0 Å². The fourth-order valence-corrected chi connectivity index (χ4v) is 1.48. The van der Waals surface area contributed by atoms with E-state index in [2.05, 4.69) is 0 Å². The standard InChI is InChI=1S/C6H10O5/c7-2-1-10-5-3(8)6(9)11-4(2)5/h2-9H,1H2/t2-,3+,4+,5+,6+/m0/s1. The van der Waals surface area contributed by atoms with E-state index in [0.717, 1.165) is 0 Å². The first-order valence-electron chi connectivity index (χ1n) is 3.51. The molecule has 3 N–H and O–H groups in total. The Morgan fingerprint density at radius 3 is 2.45 bits per heavy atom. The maximum atomic E-state index is 9.17. The van der Waals surface area contributed by atoms with E-state index >= 15 is 0 Å². The van der Waals surface area contributed by atoms with E-state index in [1.165, 1.54) is 0 Å². The van der Waals surface area contributed by atoms with Gasteiger partial charge in [0.25, 0.3) is 0 Å². The quantitative estimate of drug-likeness (QED) is 0.377. The summed E-state index contributed by atoms with van der Waals surface area (Å²) >= 11 is 0. The SMILES string of the molecule is O[C@@H]1[C@H]2OC[C@H](O)[C@H]2O[C@H]1O. The second-order valence-corrected chi connectivity index (χ2v) is 2.85. The highest BCUT2D eigenvalue weighted by atomic mass is 16.7. The van der Waals surface area contributed by atoms with Gasteiger partial charge in [-0.2, -0.15) is 0 Å². The van der Waals surface area contributed by atoms with Crippen LogP contribution in [0.2, 0.25) is 0 Å². The third-order valence-electron chi connectivity index (χ3n) is 2.09. The van der Waals surface area contributed by atoms with Crippen molar-refractivity contribution in [1.82, 2.24) is 0 Å². The summed E-state index contributed by atoms with van der Waals surface area (Å²) in [6, 6.07) is 0. The molecule has 0 aromatic carbocycles. The molecule has 0 spiro atoms. The fourth-order valence-electron chi connectivity index (χ4n) is 1.48. The van der Waals surface area contributed by atoms with Gasteiger partial charge in [-0.25, -0.2) is 0 Å². The molecule has 2 rings (SSSR count). The summed E-state index contributed by atoms with van der Waals surface area (Å²) in [7, 11) is 0. The Hall–Kier alpha value is -0.200. The van der Waals surface area contributed by atoms with Crippen molar-refractivity contribution in [2.24, 2.45) is 0 Å². The molecule has 0 aromatic heterocycles. The molecule has 2 fully saturated rings. The minimum atomic E-state index is -1.22. The van der Waals surface area contributed by atoms with Gasteiger partial charge in [-0.05, 0) is 0 Å². The predicted molar refractivity (Wildman–Crippen MR) is 32.6 cm³/mol. The van der Waals surface area contributed by atoms with Crippen molar-refractivity contribution in [3.05, 3.63) is 0 Å². The lowest BCUT2D eigenvalue weighted by Crippen LogP contribution is -2.32. The normalized spacial score (nSPS) is 56.5. The average molecular weight is 162 g/mol. The third-order valence-corrected chi connectivity index (χ3v) is 2.09. The van der Waals surface area contributed by atoms with Crippen molar-refractivity contribution in [1.29, 1.82) is 0 Å². The summed E-state index contributed by atoms with van der Waals surface area (Å²) in [6.07, 6.45) is -4.12. The number of aliphatic hydroxyl groups excluding tert-OH is 3. The van der Waals surface area contributed by atoms with Gasteiger partial charge in [0.1, 0.15) is 24.4 Å². The molecule has 2 aliphatic rings. The summed E-state index contributed by atoms with van der Waals surface area (Å²) in [5, 5.41) is 27.3. The Labute approximate surface area is 63.2 Å². The summed E-state index contributed by atoms with van der Waals surface area (Å²) < 4.78 is 9.83. The van der Waals surface area contributed by atoms with E-state index in [1.807, 2.05) is 0 Å². The van der Waals surface area contributed by atoms with Crippen LogP contribution < -0.4 is 0 Å². The molecule has 5 heteroatoms. The molecule has 0 radical (unpaired) electrons. The van der Waals surface area contributed by atoms with Crippen molar-refractivity contribution < 1.29 is 24.8 Å². The van der Waals surface area contributed by atoms with Crippen LogP contribution in [0.5, 0.6) is 0 Å². The molecule has 2 heterocycles. The minimum Gasteiger partial charge on any atom is -0.388 e. The zero-order valence-electron chi connectivity index (χ0n) is 5.75. The fraction of sp³-hybridized carbons (Fsp3) is 1.00. The first-order chi connectivity index (χ1) is 5.20. The Morgan fingerprint density at radius 1 is 1.09 bits per heavy atom. The van der Waals surface area contributed by atoms with Crippen LogP contribution in [0, 0.1) is 0 Å². The zero-order chi connectivity index (χ0) is 8.01. The van der Waals surface area contributed by atoms with Crippen molar-refractivity contribution in [3.63, 3.8) is 0 Å². The summed E-state index contributed by atoms with van der Waals surface area (Å²) in [4.78, 5) is 0. The van der Waals surface area contributed by atoms with E-state index in [4.69, 9.17) is 19.7 Å². The van der Waals surface area contributed by atoms with Gasteiger partial charge in [0.05, 0.1) is 6.61 Å². The zero-order valence-corrected chi connectivity index (χ0v) is 5.75. The molecular formula is C6H10O5. The molecule has 0 saturated carbocycles. The van der Waals surface area contributed by atoms with Gasteiger partial charge in [0.15, 0.2) is 6.29 Å². The lowest BCUT2D eigenvalue weighted by molar-refractivity contribution is -0.149. The van der Waals surface area contributed by atoms with Gasteiger partial charge in [-0.15, -0.1) is 0 Å². The van der Waals surface area contributed by atoms with Gasteiger partial charge in [0, 0.05) is 0 Å². The molecule has 2 saturated heterocycles. The van der Waals surface area contributed by atoms with E-state index in [9.17, 15) is 5.11 Å². The molecule has 5 nitrogen and oxygen atoms in total. The number of fused-ring (bicyclic) bond motifs is 1. The smallest absolute Gasteiger partial charge is 0.184 e. The maximum absolute atomic E-state index is 9.17. The van der Waals surface area contributed by atoms with Crippen LogP contribution in [0.15, 0.2) is 0 Å². The first-order valence-corrected chi connectivity index (χ1v) is 3.51. The predicted octanol–water partition coefficient (Wildman–Crippen LogP) is -2.18. The second kappa shape index (κ2) is 2.40. The second-order valence-electron chi connectivity index (χ2n) is 2.85. The van der Waals surface area contributed by atoms with Crippen molar-refractivity contribution in [2.75, 3.05) is 6.61 Å². The third kappa shape index (κ3) is 0.969. The number of aliphatic hydroxyl groups is 3. The molecule has 64 valence electrons. The van der Waals surface area contributed by atoms with Gasteiger partial charge < -0.3 is 24.8 Å². The Morgan fingerprint density at radius 2 is 1.82 bits per heavy atom. The molecule has 0 aliphatic carbocycles. The Bertz CT molecular complexity index is 161. The van der Waals surface area contributed by atoms with Crippen LogP contribution in [-0.2, 0) is 9.47 Å². The number of hydrogen-bond donors (Lipinski definition) is 3. The monoisotopic (exact) mass is 162 g/mol. The number of rotatable bonds is 0. The Balaban J connectivity index is 2.12. The average Bonchev–Trinajstić information content (AvgIpc) is 2.43. The highest BCUT2D eigenvalue weighted by Crippen LogP contribution is 2.29. The summed E-state index contributed by atoms with van der Waals surface area (Å²) in [6.45, 7) is 0.166. The maximum Gasteiger partial charge on any atom is 0.184 e. The van der Waals surface area contributed by atoms with Gasteiger partial charge >= 0.3 is 0 Å². The van der Waals surface area contributed by atoms with Crippen molar-refractivity contribution >= 4 is 0 Å². The lowest BCUT2D eigenvalue weighted by atomic mass is 10.1. The lowest BCUT2D eigenvalue weighted by Gasteiger charge is -2.10. The topological polar surface area (TPSA) is 79.2 Å². The molecule has 0 aromatic rings. The van der Waals surface area contributed by atoms with E-state index < -0.39 is 30.7 Å². The molecule has 0 bridgehead atoms. The van der Waals surface area contributed by atoms with Crippen LogP contribution in [0.1, 0.15) is 0 Å². The van der Waals surface area contributed by atoms with Crippen LogP contribution in [0.3, 0.4) is 0 Å². The van der Waals surface area contributed by atoms with Gasteiger partial charge in [0.2, 0.25) is 0 Å². The molecule has 0 unspecified atom stereocenters. The van der Waals surface area contributed by atoms with Crippen LogP contribution in [-0.4, -0.2) is 52.6 Å². The van der Waals surface area contributed by atoms with E-state index in [1.54, 1.807) is 0 Å². The highest BCUT2D eigenvalue weighted by molar-refractivity contribution is 4.95. The molecule has 2 aliphatic heterocycles. The Kier molecular flexibility index (Phi) is 1.62. The van der Waals surface area contributed by atoms with E-state index in [0.29, 0.717) is 0 Å². The number of ether oxygens (including phenoxy) is 2. The molecular weight excluding hydrogens is 152 g/mol.